The highest BCUT2D eigenvalue weighted by Gasteiger charge is 2.25. The zero-order valence-corrected chi connectivity index (χ0v) is 18.1. The van der Waals surface area contributed by atoms with Crippen molar-refractivity contribution in [2.45, 2.75) is 18.8 Å². The molecule has 0 heterocycles. The number of amides is 2. The Bertz CT molecular complexity index is 987. The SMILES string of the molecule is CN(C)C(=O)C(C#N)=Cc1cccc(OCCC(=O)N[C@@H](Cc2ccccc2)B(O)O)c1. The molecule has 0 radical (unpaired) electrons. The standard InChI is InChI=1S/C23H26BN3O5/c1-27(2)23(29)19(16-25)13-18-9-6-10-20(14-18)32-12-11-22(28)26-21(24(30)31)15-17-7-4-3-5-8-17/h3-10,13-14,21,30-31H,11-12,15H2,1-2H3,(H,26,28)/t21-/m0/s1. The first-order chi connectivity index (χ1) is 15.3. The molecule has 2 amide bonds. The Morgan fingerprint density at radius 2 is 1.91 bits per heavy atom. The average molecular weight is 435 g/mol. The fraction of sp³-hybridized carbons (Fsp3) is 0.261. The summed E-state index contributed by atoms with van der Waals surface area (Å²) < 4.78 is 5.61. The van der Waals surface area contributed by atoms with Crippen molar-refractivity contribution < 1.29 is 24.4 Å². The summed E-state index contributed by atoms with van der Waals surface area (Å²) in [7, 11) is 1.44. The number of likely N-dealkylation sites (N-methyl/N-ethyl adjacent to an activating group) is 1. The summed E-state index contributed by atoms with van der Waals surface area (Å²) in [5.41, 5.74) is 1.49. The van der Waals surface area contributed by atoms with E-state index in [2.05, 4.69) is 5.32 Å². The van der Waals surface area contributed by atoms with Gasteiger partial charge >= 0.3 is 7.12 Å². The zero-order valence-electron chi connectivity index (χ0n) is 18.1. The van der Waals surface area contributed by atoms with E-state index in [9.17, 15) is 24.9 Å². The van der Waals surface area contributed by atoms with Crippen LogP contribution in [0.3, 0.4) is 0 Å². The molecule has 0 fully saturated rings. The molecule has 2 aromatic rings. The van der Waals surface area contributed by atoms with E-state index in [0.717, 1.165) is 5.56 Å². The molecule has 0 aromatic heterocycles. The van der Waals surface area contributed by atoms with E-state index >= 15 is 0 Å². The van der Waals surface area contributed by atoms with Crippen LogP contribution >= 0.6 is 0 Å². The third kappa shape index (κ3) is 7.91. The van der Waals surface area contributed by atoms with Gasteiger partial charge in [-0.05, 0) is 35.8 Å². The van der Waals surface area contributed by atoms with Gasteiger partial charge in [0.25, 0.3) is 5.91 Å². The minimum absolute atomic E-state index is 0.00135. The number of rotatable bonds is 10. The highest BCUT2D eigenvalue weighted by molar-refractivity contribution is 6.43. The molecule has 3 N–H and O–H groups in total. The van der Waals surface area contributed by atoms with Crippen LogP contribution in [0.1, 0.15) is 17.5 Å². The van der Waals surface area contributed by atoms with E-state index in [1.165, 1.54) is 11.0 Å². The van der Waals surface area contributed by atoms with Gasteiger partial charge in [-0.1, -0.05) is 42.5 Å². The number of ether oxygens (including phenoxy) is 1. The van der Waals surface area contributed by atoms with Crippen LogP contribution in [0, 0.1) is 11.3 Å². The number of hydrogen-bond donors (Lipinski definition) is 3. The molecule has 8 nitrogen and oxygen atoms in total. The summed E-state index contributed by atoms with van der Waals surface area (Å²) in [5.74, 6) is -1.13. The lowest BCUT2D eigenvalue weighted by Crippen LogP contribution is -2.48. The van der Waals surface area contributed by atoms with Gasteiger partial charge in [-0.15, -0.1) is 0 Å². The lowest BCUT2D eigenvalue weighted by atomic mass is 9.76. The van der Waals surface area contributed by atoms with Gasteiger partial charge in [0, 0.05) is 14.1 Å². The third-order valence-electron chi connectivity index (χ3n) is 4.53. The molecule has 32 heavy (non-hydrogen) atoms. The zero-order chi connectivity index (χ0) is 23.5. The Labute approximate surface area is 187 Å². The largest absolute Gasteiger partial charge is 0.493 e. The maximum atomic E-state index is 12.2. The summed E-state index contributed by atoms with van der Waals surface area (Å²) in [6.07, 6.45) is 1.77. The van der Waals surface area contributed by atoms with E-state index in [1.807, 2.05) is 36.4 Å². The molecule has 0 saturated heterocycles. The van der Waals surface area contributed by atoms with Gasteiger partial charge in [0.05, 0.1) is 19.0 Å². The van der Waals surface area contributed by atoms with Crippen molar-refractivity contribution in [3.05, 3.63) is 71.3 Å². The van der Waals surface area contributed by atoms with Crippen molar-refractivity contribution in [2.75, 3.05) is 20.7 Å². The quantitative estimate of drug-likeness (QED) is 0.293. The molecular weight excluding hydrogens is 409 g/mol. The summed E-state index contributed by atoms with van der Waals surface area (Å²) >= 11 is 0. The van der Waals surface area contributed by atoms with Crippen molar-refractivity contribution in [2.24, 2.45) is 0 Å². The number of carbonyl (C=O) groups is 2. The smallest absolute Gasteiger partial charge is 0.475 e. The molecule has 1 atom stereocenters. The minimum atomic E-state index is -1.69. The molecule has 2 rings (SSSR count). The van der Waals surface area contributed by atoms with E-state index in [4.69, 9.17) is 4.74 Å². The maximum absolute atomic E-state index is 12.2. The number of carbonyl (C=O) groups excluding carboxylic acids is 2. The second-order valence-corrected chi connectivity index (χ2v) is 7.32. The van der Waals surface area contributed by atoms with Crippen molar-refractivity contribution >= 4 is 25.0 Å². The summed E-state index contributed by atoms with van der Waals surface area (Å²) in [4.78, 5) is 25.5. The molecule has 0 aliphatic rings. The van der Waals surface area contributed by atoms with Gasteiger partial charge in [0.15, 0.2) is 0 Å². The van der Waals surface area contributed by atoms with Crippen LogP contribution in [0.25, 0.3) is 6.08 Å². The van der Waals surface area contributed by atoms with Crippen molar-refractivity contribution in [3.63, 3.8) is 0 Å². The summed E-state index contributed by atoms with van der Waals surface area (Å²) in [6.45, 7) is 0.0698. The molecule has 0 aliphatic carbocycles. The van der Waals surface area contributed by atoms with Gasteiger partial charge in [-0.25, -0.2) is 0 Å². The van der Waals surface area contributed by atoms with Gasteiger partial charge in [0.1, 0.15) is 17.4 Å². The molecule has 2 aromatic carbocycles. The predicted octanol–water partition coefficient (Wildman–Crippen LogP) is 1.19. The maximum Gasteiger partial charge on any atom is 0.475 e. The molecule has 0 spiro atoms. The Hall–Kier alpha value is -3.61. The number of nitriles is 1. The van der Waals surface area contributed by atoms with E-state index in [1.54, 1.807) is 38.4 Å². The van der Waals surface area contributed by atoms with Gasteiger partial charge in [-0.2, -0.15) is 5.26 Å². The van der Waals surface area contributed by atoms with Gasteiger partial charge in [0.2, 0.25) is 5.91 Å². The average Bonchev–Trinajstić information content (AvgIpc) is 2.77. The van der Waals surface area contributed by atoms with Crippen LogP contribution in [0.5, 0.6) is 5.75 Å². The molecule has 0 aliphatic heterocycles. The normalized spacial score (nSPS) is 11.8. The number of benzene rings is 2. The second-order valence-electron chi connectivity index (χ2n) is 7.32. The predicted molar refractivity (Wildman–Crippen MR) is 121 cm³/mol. The number of nitrogens with zero attached hydrogens (tertiary/aromatic N) is 2. The first kappa shape index (κ1) is 24.7. The van der Waals surface area contributed by atoms with Crippen molar-refractivity contribution in [1.29, 1.82) is 5.26 Å². The van der Waals surface area contributed by atoms with Crippen molar-refractivity contribution in [1.82, 2.24) is 10.2 Å². The third-order valence-corrected chi connectivity index (χ3v) is 4.53. The number of hydrogen-bond acceptors (Lipinski definition) is 6. The molecule has 166 valence electrons. The fourth-order valence-electron chi connectivity index (χ4n) is 2.88. The van der Waals surface area contributed by atoms with Crippen LogP contribution < -0.4 is 10.1 Å². The Morgan fingerprint density at radius 3 is 2.53 bits per heavy atom. The van der Waals surface area contributed by atoms with Crippen LogP contribution in [0.2, 0.25) is 0 Å². The van der Waals surface area contributed by atoms with E-state index in [0.29, 0.717) is 11.3 Å². The lowest BCUT2D eigenvalue weighted by Gasteiger charge is -2.18. The van der Waals surface area contributed by atoms with E-state index < -0.39 is 19.0 Å². The Morgan fingerprint density at radius 1 is 1.19 bits per heavy atom. The highest BCUT2D eigenvalue weighted by Crippen LogP contribution is 2.17. The molecule has 0 unspecified atom stereocenters. The summed E-state index contributed by atoms with van der Waals surface area (Å²) in [6, 6.07) is 17.9. The van der Waals surface area contributed by atoms with Crippen LogP contribution in [0.15, 0.2) is 60.2 Å². The Kier molecular flexibility index (Phi) is 9.48. The molecular formula is C23H26BN3O5. The lowest BCUT2D eigenvalue weighted by molar-refractivity contribution is -0.124. The topological polar surface area (TPSA) is 123 Å². The first-order valence-corrected chi connectivity index (χ1v) is 10.1. The van der Waals surface area contributed by atoms with Crippen molar-refractivity contribution in [3.8, 4) is 11.8 Å². The highest BCUT2D eigenvalue weighted by atomic mass is 16.5. The second kappa shape index (κ2) is 12.3. The first-order valence-electron chi connectivity index (χ1n) is 10.1. The van der Waals surface area contributed by atoms with Crippen LogP contribution in [0.4, 0.5) is 0 Å². The van der Waals surface area contributed by atoms with Gasteiger partial charge in [-0.3, -0.25) is 9.59 Å². The molecule has 0 saturated carbocycles. The van der Waals surface area contributed by atoms with Crippen LogP contribution in [-0.4, -0.2) is 60.5 Å². The Balaban J connectivity index is 1.91. The van der Waals surface area contributed by atoms with Gasteiger partial charge < -0.3 is 25.0 Å². The number of nitrogens with one attached hydrogen (secondary N) is 1. The monoisotopic (exact) mass is 435 g/mol. The van der Waals surface area contributed by atoms with Crippen LogP contribution in [-0.2, 0) is 16.0 Å². The summed E-state index contributed by atoms with van der Waals surface area (Å²) in [5, 5.41) is 31.0. The van der Waals surface area contributed by atoms with E-state index in [-0.39, 0.29) is 30.9 Å². The molecule has 0 bridgehead atoms. The molecule has 9 heteroatoms. The fourth-order valence-corrected chi connectivity index (χ4v) is 2.88. The minimum Gasteiger partial charge on any atom is -0.493 e.